The van der Waals surface area contributed by atoms with E-state index >= 15 is 0 Å². The maximum absolute atomic E-state index is 5.33. The molecule has 58 heavy (non-hydrogen) atoms. The fourth-order valence-electron chi connectivity index (χ4n) is 8.43. The van der Waals surface area contributed by atoms with E-state index in [1.54, 1.807) is 0 Å². The van der Waals surface area contributed by atoms with E-state index in [0.717, 1.165) is 54.9 Å². The first-order chi connectivity index (χ1) is 28.7. The van der Waals surface area contributed by atoms with Crippen molar-refractivity contribution >= 4 is 43.1 Å². The van der Waals surface area contributed by atoms with Crippen LogP contribution in [0.2, 0.25) is 0 Å². The maximum atomic E-state index is 5.33. The van der Waals surface area contributed by atoms with Crippen molar-refractivity contribution in [3.8, 4) is 67.5 Å². The van der Waals surface area contributed by atoms with Gasteiger partial charge in [-0.05, 0) is 94.7 Å². The van der Waals surface area contributed by atoms with E-state index < -0.39 is 0 Å². The topological polar surface area (TPSA) is 38.7 Å². The van der Waals surface area contributed by atoms with E-state index in [2.05, 4.69) is 212 Å². The van der Waals surface area contributed by atoms with Crippen molar-refractivity contribution in [3.05, 3.63) is 212 Å². The quantitative estimate of drug-likeness (QED) is 0.171. The number of aromatic nitrogens is 3. The molecule has 0 bridgehead atoms. The summed E-state index contributed by atoms with van der Waals surface area (Å²) in [5, 5.41) is 9.37. The summed E-state index contributed by atoms with van der Waals surface area (Å²) in [6.45, 7) is 0. The highest BCUT2D eigenvalue weighted by Crippen LogP contribution is 2.38. The van der Waals surface area contributed by atoms with Crippen molar-refractivity contribution in [3.63, 3.8) is 0 Å². The fourth-order valence-corrected chi connectivity index (χ4v) is 8.43. The van der Waals surface area contributed by atoms with E-state index in [1.165, 1.54) is 38.2 Å². The molecule has 3 heteroatoms. The lowest BCUT2D eigenvalue weighted by Crippen LogP contribution is -2.01. The Morgan fingerprint density at radius 2 is 0.672 bits per heavy atom. The minimum absolute atomic E-state index is 0.629. The van der Waals surface area contributed by atoms with Crippen LogP contribution in [0.15, 0.2) is 212 Å². The summed E-state index contributed by atoms with van der Waals surface area (Å²) in [6.07, 6.45) is 0. The van der Waals surface area contributed by atoms with Gasteiger partial charge in [-0.2, -0.15) is 0 Å². The Morgan fingerprint density at radius 3 is 1.41 bits per heavy atom. The lowest BCUT2D eigenvalue weighted by Gasteiger charge is -2.15. The third kappa shape index (κ3) is 5.98. The first-order valence-corrected chi connectivity index (χ1v) is 19.7. The van der Waals surface area contributed by atoms with Gasteiger partial charge in [0.25, 0.3) is 0 Å². The summed E-state index contributed by atoms with van der Waals surface area (Å²) in [4.78, 5) is 15.9. The van der Waals surface area contributed by atoms with Crippen molar-refractivity contribution < 1.29 is 0 Å². The number of rotatable bonds is 6. The average molecular weight is 738 g/mol. The molecule has 0 aliphatic rings. The predicted molar refractivity (Wildman–Crippen MR) is 242 cm³/mol. The predicted octanol–water partition coefficient (Wildman–Crippen LogP) is 14.5. The number of hydrogen-bond acceptors (Lipinski definition) is 3. The van der Waals surface area contributed by atoms with Gasteiger partial charge in [-0.1, -0.05) is 194 Å². The summed E-state index contributed by atoms with van der Waals surface area (Å²) in [6, 6.07) is 75.4. The maximum Gasteiger partial charge on any atom is 0.164 e. The molecule has 11 aromatic rings. The van der Waals surface area contributed by atoms with Crippen molar-refractivity contribution in [2.45, 2.75) is 0 Å². The minimum Gasteiger partial charge on any atom is -0.208 e. The molecule has 1 aromatic heterocycles. The van der Waals surface area contributed by atoms with Crippen LogP contribution in [-0.2, 0) is 0 Å². The normalized spacial score (nSPS) is 11.4. The number of benzene rings is 10. The van der Waals surface area contributed by atoms with Crippen LogP contribution in [-0.4, -0.2) is 15.0 Å². The second-order valence-corrected chi connectivity index (χ2v) is 14.8. The van der Waals surface area contributed by atoms with E-state index in [0.29, 0.717) is 17.5 Å². The molecule has 1 heterocycles. The molecule has 0 saturated carbocycles. The van der Waals surface area contributed by atoms with Gasteiger partial charge < -0.3 is 0 Å². The van der Waals surface area contributed by atoms with Gasteiger partial charge in [0.1, 0.15) is 0 Å². The SMILES string of the molecule is c1ccc(-c2ccc3cccc(-c4nc(-c5ccc6cc(-c7cccc8ccccc78)ccc6c5)nc(-c5ccccc5-c5cccc6ccccc56)n4)c3c2)cc1. The van der Waals surface area contributed by atoms with Crippen LogP contribution in [0.3, 0.4) is 0 Å². The lowest BCUT2D eigenvalue weighted by molar-refractivity contribution is 1.08. The molecule has 11 rings (SSSR count). The average Bonchev–Trinajstić information content (AvgIpc) is 3.30. The van der Waals surface area contributed by atoms with Gasteiger partial charge in [0.15, 0.2) is 17.5 Å². The van der Waals surface area contributed by atoms with Crippen molar-refractivity contribution in [2.75, 3.05) is 0 Å². The highest BCUT2D eigenvalue weighted by molar-refractivity contribution is 6.02. The molecule has 0 radical (unpaired) electrons. The Morgan fingerprint density at radius 1 is 0.207 bits per heavy atom. The molecule has 0 aliphatic heterocycles. The summed E-state index contributed by atoms with van der Waals surface area (Å²) in [7, 11) is 0. The van der Waals surface area contributed by atoms with E-state index in [9.17, 15) is 0 Å². The second kappa shape index (κ2) is 14.1. The van der Waals surface area contributed by atoms with Crippen LogP contribution in [0.5, 0.6) is 0 Å². The minimum atomic E-state index is 0.629. The van der Waals surface area contributed by atoms with Gasteiger partial charge in [0, 0.05) is 16.7 Å². The number of fused-ring (bicyclic) bond motifs is 4. The third-order valence-corrected chi connectivity index (χ3v) is 11.3. The molecule has 0 unspecified atom stereocenters. The Hall–Kier alpha value is -7.75. The lowest BCUT2D eigenvalue weighted by atomic mass is 9.94. The zero-order valence-corrected chi connectivity index (χ0v) is 31.5. The van der Waals surface area contributed by atoms with E-state index in [1.807, 2.05) is 0 Å². The summed E-state index contributed by atoms with van der Waals surface area (Å²) < 4.78 is 0. The Balaban J connectivity index is 1.10. The van der Waals surface area contributed by atoms with Gasteiger partial charge in [-0.25, -0.2) is 15.0 Å². The molecule has 0 spiro atoms. The Labute approximate surface area is 336 Å². The largest absolute Gasteiger partial charge is 0.208 e. The van der Waals surface area contributed by atoms with Crippen molar-refractivity contribution in [1.82, 2.24) is 15.0 Å². The van der Waals surface area contributed by atoms with Crippen LogP contribution in [0.4, 0.5) is 0 Å². The first-order valence-electron chi connectivity index (χ1n) is 19.7. The Kier molecular flexibility index (Phi) is 8.15. The summed E-state index contributed by atoms with van der Waals surface area (Å²) in [5.41, 5.74) is 9.80. The van der Waals surface area contributed by atoms with Crippen molar-refractivity contribution in [1.29, 1.82) is 0 Å². The number of nitrogens with zero attached hydrogens (tertiary/aromatic N) is 3. The van der Waals surface area contributed by atoms with Crippen molar-refractivity contribution in [2.24, 2.45) is 0 Å². The summed E-state index contributed by atoms with van der Waals surface area (Å²) >= 11 is 0. The molecule has 270 valence electrons. The van der Waals surface area contributed by atoms with E-state index in [4.69, 9.17) is 15.0 Å². The molecule has 0 N–H and O–H groups in total. The van der Waals surface area contributed by atoms with Gasteiger partial charge in [0.2, 0.25) is 0 Å². The van der Waals surface area contributed by atoms with Gasteiger partial charge in [-0.3, -0.25) is 0 Å². The third-order valence-electron chi connectivity index (χ3n) is 11.3. The van der Waals surface area contributed by atoms with Gasteiger partial charge in [0.05, 0.1) is 0 Å². The van der Waals surface area contributed by atoms with Gasteiger partial charge in [-0.15, -0.1) is 0 Å². The molecule has 0 aliphatic carbocycles. The Bertz CT molecular complexity index is 3340. The first kappa shape index (κ1) is 33.6. The molecule has 0 saturated heterocycles. The molecule has 0 amide bonds. The van der Waals surface area contributed by atoms with Crippen LogP contribution in [0.25, 0.3) is 111 Å². The molecule has 3 nitrogen and oxygen atoms in total. The fraction of sp³-hybridized carbons (Fsp3) is 0. The zero-order valence-electron chi connectivity index (χ0n) is 31.5. The van der Waals surface area contributed by atoms with Crippen LogP contribution < -0.4 is 0 Å². The zero-order chi connectivity index (χ0) is 38.4. The van der Waals surface area contributed by atoms with Gasteiger partial charge >= 0.3 is 0 Å². The summed E-state index contributed by atoms with van der Waals surface area (Å²) in [5.74, 6) is 1.89. The smallest absolute Gasteiger partial charge is 0.164 e. The standard InChI is InChI=1S/C55H35N3/c1-2-13-36(14-3-1)42-28-27-39-19-12-26-51(52(39)35-42)55-57-53(56-54(58-55)50-23-9-8-22-49(50)48-25-11-18-38-16-5-7-21-46(38)48)44-32-30-40-33-43(31-29-41(40)34-44)47-24-10-17-37-15-4-6-20-45(37)47/h1-35H. The second-order valence-electron chi connectivity index (χ2n) is 14.8. The highest BCUT2D eigenvalue weighted by atomic mass is 15.0. The monoisotopic (exact) mass is 737 g/mol. The molecule has 0 atom stereocenters. The number of hydrogen-bond donors (Lipinski definition) is 0. The molecule has 10 aromatic carbocycles. The van der Waals surface area contributed by atoms with E-state index in [-0.39, 0.29) is 0 Å². The van der Waals surface area contributed by atoms with Crippen LogP contribution in [0.1, 0.15) is 0 Å². The van der Waals surface area contributed by atoms with Crippen LogP contribution >= 0.6 is 0 Å². The molecule has 0 fully saturated rings. The highest BCUT2D eigenvalue weighted by Gasteiger charge is 2.18. The molecular formula is C55H35N3. The van der Waals surface area contributed by atoms with Crippen LogP contribution in [0, 0.1) is 0 Å². The molecular weight excluding hydrogens is 703 g/mol.